The number of aromatic nitrogens is 1. The Morgan fingerprint density at radius 2 is 1.79 bits per heavy atom. The number of hydrogen-bond donors (Lipinski definition) is 1. The van der Waals surface area contributed by atoms with Crippen LogP contribution in [0.1, 0.15) is 11.1 Å². The Kier molecular flexibility index (Phi) is 6.16. The average molecular weight is 482 g/mol. The average Bonchev–Trinajstić information content (AvgIpc) is 3.16. The molecule has 0 bridgehead atoms. The van der Waals surface area contributed by atoms with Gasteiger partial charge in [0.1, 0.15) is 12.4 Å². The van der Waals surface area contributed by atoms with Crippen LogP contribution < -0.4 is 5.32 Å². The minimum atomic E-state index is -3.79. The highest BCUT2D eigenvalue weighted by Gasteiger charge is 2.22. The molecule has 0 radical (unpaired) electrons. The number of rotatable bonds is 7. The SMILES string of the molecule is Cc1cc([N+](=O)[O-])ccc1NC(=O)Cn1cc(S(=O)(=O)Cc2ccc(F)cc2)c2ccccc21. The third-order valence-corrected chi connectivity index (χ3v) is 7.07. The van der Waals surface area contributed by atoms with Gasteiger partial charge in [0.2, 0.25) is 5.91 Å². The number of sulfone groups is 1. The molecule has 0 aliphatic heterocycles. The maximum Gasteiger partial charge on any atom is 0.269 e. The number of non-ortho nitro benzene ring substituents is 1. The van der Waals surface area contributed by atoms with E-state index >= 15 is 0 Å². The lowest BCUT2D eigenvalue weighted by Crippen LogP contribution is -2.19. The number of anilines is 1. The summed E-state index contributed by atoms with van der Waals surface area (Å²) in [4.78, 5) is 23.2. The van der Waals surface area contributed by atoms with Gasteiger partial charge in [0.15, 0.2) is 9.84 Å². The van der Waals surface area contributed by atoms with Crippen LogP contribution in [0.2, 0.25) is 0 Å². The number of aryl methyl sites for hydroxylation is 1. The number of hydrogen-bond acceptors (Lipinski definition) is 5. The van der Waals surface area contributed by atoms with E-state index in [1.54, 1.807) is 35.8 Å². The molecule has 174 valence electrons. The number of fused-ring (bicyclic) bond motifs is 1. The van der Waals surface area contributed by atoms with E-state index in [9.17, 15) is 27.7 Å². The number of nitrogens with one attached hydrogen (secondary N) is 1. The molecule has 0 saturated carbocycles. The number of nitro benzene ring substituents is 1. The van der Waals surface area contributed by atoms with Gasteiger partial charge in [-0.25, -0.2) is 12.8 Å². The predicted octanol–water partition coefficient (Wildman–Crippen LogP) is 4.61. The minimum absolute atomic E-state index is 0.0757. The van der Waals surface area contributed by atoms with Crippen LogP contribution in [0.25, 0.3) is 10.9 Å². The second-order valence-corrected chi connectivity index (χ2v) is 9.79. The van der Waals surface area contributed by atoms with Gasteiger partial charge in [0.05, 0.1) is 15.6 Å². The van der Waals surface area contributed by atoms with Gasteiger partial charge in [-0.15, -0.1) is 0 Å². The maximum atomic E-state index is 13.2. The second kappa shape index (κ2) is 9.06. The molecule has 0 saturated heterocycles. The van der Waals surface area contributed by atoms with E-state index in [4.69, 9.17) is 0 Å². The van der Waals surface area contributed by atoms with E-state index in [-0.39, 0.29) is 22.9 Å². The summed E-state index contributed by atoms with van der Waals surface area (Å²) in [5, 5.41) is 14.1. The predicted molar refractivity (Wildman–Crippen MR) is 126 cm³/mol. The molecule has 0 aliphatic carbocycles. The number of nitro groups is 1. The van der Waals surface area contributed by atoms with Crippen LogP contribution in [0.5, 0.6) is 0 Å². The van der Waals surface area contributed by atoms with Crippen molar-refractivity contribution in [1.82, 2.24) is 4.57 Å². The summed E-state index contributed by atoms with van der Waals surface area (Å²) in [6.07, 6.45) is 1.42. The highest BCUT2D eigenvalue weighted by atomic mass is 32.2. The Morgan fingerprint density at radius 1 is 1.09 bits per heavy atom. The van der Waals surface area contributed by atoms with Crippen molar-refractivity contribution in [2.75, 3.05) is 5.32 Å². The molecular formula is C24H20FN3O5S. The maximum absolute atomic E-state index is 13.2. The van der Waals surface area contributed by atoms with Gasteiger partial charge >= 0.3 is 0 Å². The number of halogens is 1. The summed E-state index contributed by atoms with van der Waals surface area (Å²) in [5.74, 6) is -1.18. The lowest BCUT2D eigenvalue weighted by Gasteiger charge is -2.09. The summed E-state index contributed by atoms with van der Waals surface area (Å²) in [7, 11) is -3.79. The van der Waals surface area contributed by atoms with Crippen LogP contribution in [-0.2, 0) is 26.9 Å². The fourth-order valence-electron chi connectivity index (χ4n) is 3.72. The molecule has 1 amide bonds. The molecule has 4 rings (SSSR count). The first-order valence-electron chi connectivity index (χ1n) is 10.2. The van der Waals surface area contributed by atoms with Crippen LogP contribution in [0.4, 0.5) is 15.8 Å². The fraction of sp³-hybridized carbons (Fsp3) is 0.125. The van der Waals surface area contributed by atoms with Crippen LogP contribution in [-0.4, -0.2) is 23.8 Å². The molecule has 0 fully saturated rings. The number of carbonyl (C=O) groups excluding carboxylic acids is 1. The quantitative estimate of drug-likeness (QED) is 0.306. The van der Waals surface area contributed by atoms with Crippen molar-refractivity contribution in [1.29, 1.82) is 0 Å². The van der Waals surface area contributed by atoms with Crippen LogP contribution in [0.15, 0.2) is 77.8 Å². The summed E-state index contributed by atoms with van der Waals surface area (Å²) in [6.45, 7) is 1.48. The summed E-state index contributed by atoms with van der Waals surface area (Å²) >= 11 is 0. The third-order valence-electron chi connectivity index (χ3n) is 5.37. The van der Waals surface area contributed by atoms with Crippen molar-refractivity contribution in [3.05, 3.63) is 100.0 Å². The van der Waals surface area contributed by atoms with E-state index in [2.05, 4.69) is 5.32 Å². The lowest BCUT2D eigenvalue weighted by atomic mass is 10.2. The van der Waals surface area contributed by atoms with Gasteiger partial charge in [0, 0.05) is 34.9 Å². The number of amides is 1. The molecule has 1 aromatic heterocycles. The molecule has 0 atom stereocenters. The standard InChI is InChI=1S/C24H20FN3O5S/c1-16-12-19(28(30)31)10-11-21(16)26-24(29)14-27-13-23(20-4-2-3-5-22(20)27)34(32,33)15-17-6-8-18(25)9-7-17/h2-13H,14-15H2,1H3,(H,26,29). The smallest absolute Gasteiger partial charge is 0.269 e. The fourth-order valence-corrected chi connectivity index (χ4v) is 5.30. The van der Waals surface area contributed by atoms with Crippen molar-refractivity contribution >= 4 is 38.0 Å². The van der Waals surface area contributed by atoms with Gasteiger partial charge in [-0.2, -0.15) is 0 Å². The zero-order chi connectivity index (χ0) is 24.5. The molecule has 4 aromatic rings. The van der Waals surface area contributed by atoms with Gasteiger partial charge < -0.3 is 9.88 Å². The highest BCUT2D eigenvalue weighted by Crippen LogP contribution is 2.28. The Labute approximate surface area is 194 Å². The molecule has 3 aromatic carbocycles. The Hall–Kier alpha value is -4.05. The van der Waals surface area contributed by atoms with E-state index in [0.29, 0.717) is 27.7 Å². The van der Waals surface area contributed by atoms with Crippen molar-refractivity contribution in [3.8, 4) is 0 Å². The third kappa shape index (κ3) is 4.81. The molecule has 0 unspecified atom stereocenters. The normalized spacial score (nSPS) is 11.5. The molecule has 8 nitrogen and oxygen atoms in total. The Bertz CT molecular complexity index is 1510. The summed E-state index contributed by atoms with van der Waals surface area (Å²) in [5.41, 5.74) is 1.89. The molecule has 0 spiro atoms. The molecule has 10 heteroatoms. The number of nitrogens with zero attached hydrogens (tertiary/aromatic N) is 2. The largest absolute Gasteiger partial charge is 0.337 e. The summed E-state index contributed by atoms with van der Waals surface area (Å²) < 4.78 is 41.1. The monoisotopic (exact) mass is 481 g/mol. The number of para-hydroxylation sites is 1. The molecular weight excluding hydrogens is 461 g/mol. The summed E-state index contributed by atoms with van der Waals surface area (Å²) in [6, 6.07) is 16.2. The van der Waals surface area contributed by atoms with Crippen LogP contribution in [0, 0.1) is 22.9 Å². The van der Waals surface area contributed by atoms with Crippen molar-refractivity contribution in [2.24, 2.45) is 0 Å². The molecule has 0 aliphatic rings. The number of carbonyl (C=O) groups is 1. The first kappa shape index (κ1) is 23.1. The minimum Gasteiger partial charge on any atom is -0.337 e. The zero-order valence-electron chi connectivity index (χ0n) is 18.1. The Balaban J connectivity index is 1.61. The highest BCUT2D eigenvalue weighted by molar-refractivity contribution is 7.90. The van der Waals surface area contributed by atoms with Crippen LogP contribution in [0.3, 0.4) is 0 Å². The topological polar surface area (TPSA) is 111 Å². The van der Waals surface area contributed by atoms with Crippen molar-refractivity contribution in [2.45, 2.75) is 24.1 Å². The molecule has 34 heavy (non-hydrogen) atoms. The van der Waals surface area contributed by atoms with Gasteiger partial charge in [0.25, 0.3) is 5.69 Å². The number of benzene rings is 3. The van der Waals surface area contributed by atoms with Crippen molar-refractivity contribution in [3.63, 3.8) is 0 Å². The first-order valence-corrected chi connectivity index (χ1v) is 11.9. The van der Waals surface area contributed by atoms with Crippen molar-refractivity contribution < 1.29 is 22.5 Å². The van der Waals surface area contributed by atoms with Gasteiger partial charge in [-0.1, -0.05) is 30.3 Å². The van der Waals surface area contributed by atoms with Gasteiger partial charge in [-0.3, -0.25) is 14.9 Å². The molecule has 1 N–H and O–H groups in total. The zero-order valence-corrected chi connectivity index (χ0v) is 18.9. The Morgan fingerprint density at radius 3 is 2.47 bits per heavy atom. The first-order chi connectivity index (χ1) is 16.1. The van der Waals surface area contributed by atoms with E-state index in [1.165, 1.54) is 48.7 Å². The van der Waals surface area contributed by atoms with Crippen LogP contribution >= 0.6 is 0 Å². The van der Waals surface area contributed by atoms with E-state index in [1.807, 2.05) is 0 Å². The van der Waals surface area contributed by atoms with Gasteiger partial charge in [-0.05, 0) is 42.3 Å². The molecule has 1 heterocycles. The lowest BCUT2D eigenvalue weighted by molar-refractivity contribution is -0.384. The second-order valence-electron chi connectivity index (χ2n) is 7.83. The van der Waals surface area contributed by atoms with E-state index < -0.39 is 26.5 Å². The van der Waals surface area contributed by atoms with E-state index in [0.717, 1.165) is 0 Å².